The first-order chi connectivity index (χ1) is 17.3. The zero-order chi connectivity index (χ0) is 27.6. The molecule has 0 radical (unpaired) electrons. The molecule has 0 aromatic heterocycles. The quantitative estimate of drug-likeness (QED) is 0.476. The number of aromatic carboxylic acids is 2. The van der Waals surface area contributed by atoms with Crippen molar-refractivity contribution in [3.8, 4) is 0 Å². The molecule has 1 aliphatic heterocycles. The molecule has 2 aromatic carbocycles. The molecule has 1 saturated heterocycles. The Bertz CT molecular complexity index is 1210. The summed E-state index contributed by atoms with van der Waals surface area (Å²) in [6.07, 6.45) is -0.390. The van der Waals surface area contributed by atoms with Gasteiger partial charge < -0.3 is 25.7 Å². The Balaban J connectivity index is 1.70. The fourth-order valence-corrected chi connectivity index (χ4v) is 4.50. The predicted octanol–water partition coefficient (Wildman–Crippen LogP) is 2.52. The number of nitrogens with two attached hydrogens (primary N) is 1. The number of piperazine rings is 1. The molecule has 1 fully saturated rings. The van der Waals surface area contributed by atoms with Crippen molar-refractivity contribution >= 4 is 23.8 Å². The van der Waals surface area contributed by atoms with Crippen molar-refractivity contribution in [3.05, 3.63) is 70.0 Å². The van der Waals surface area contributed by atoms with Crippen LogP contribution in [-0.4, -0.2) is 75.0 Å². The van der Waals surface area contributed by atoms with Gasteiger partial charge in [0.25, 0.3) is 5.91 Å². The first-order valence-corrected chi connectivity index (χ1v) is 11.4. The normalized spacial score (nSPS) is 18.4. The third kappa shape index (κ3) is 6.26. The van der Waals surface area contributed by atoms with Gasteiger partial charge in [-0.1, -0.05) is 0 Å². The van der Waals surface area contributed by atoms with Crippen LogP contribution in [-0.2, 0) is 11.2 Å². The van der Waals surface area contributed by atoms with E-state index in [1.54, 1.807) is 13.8 Å². The lowest BCUT2D eigenvalue weighted by Gasteiger charge is -2.44. The molecule has 4 N–H and O–H groups in total. The summed E-state index contributed by atoms with van der Waals surface area (Å²) in [6, 6.07) is 2.40. The lowest BCUT2D eigenvalue weighted by Crippen LogP contribution is -2.60. The lowest BCUT2D eigenvalue weighted by molar-refractivity contribution is -0.135. The van der Waals surface area contributed by atoms with Crippen LogP contribution in [0.15, 0.2) is 30.3 Å². The molecule has 3 rings (SSSR count). The zero-order valence-electron chi connectivity index (χ0n) is 20.1. The Morgan fingerprint density at radius 3 is 1.86 bits per heavy atom. The molecule has 0 aliphatic carbocycles. The van der Waals surface area contributed by atoms with Crippen molar-refractivity contribution in [1.82, 2.24) is 9.80 Å². The largest absolute Gasteiger partial charge is 0.478 e. The SMILES string of the molecule is C[C@@H]1CN(C(=O)C[C@H](N)Cc2cc(F)c(F)cc2F)C[C@H](C)N1C(=O)c1cc(C(=O)O)cc(C(=O)O)c1. The van der Waals surface area contributed by atoms with Crippen LogP contribution in [0.2, 0.25) is 0 Å². The number of nitrogens with zero attached hydrogens (tertiary/aromatic N) is 2. The molecule has 198 valence electrons. The molecule has 12 heteroatoms. The minimum absolute atomic E-state index is 0.105. The van der Waals surface area contributed by atoms with Crippen LogP contribution in [0.4, 0.5) is 13.2 Å². The van der Waals surface area contributed by atoms with Gasteiger partial charge in [0.05, 0.1) is 11.1 Å². The van der Waals surface area contributed by atoms with Crippen molar-refractivity contribution in [1.29, 1.82) is 0 Å². The topological polar surface area (TPSA) is 141 Å². The molecule has 0 saturated carbocycles. The summed E-state index contributed by atoms with van der Waals surface area (Å²) in [5.41, 5.74) is 5.03. The van der Waals surface area contributed by atoms with E-state index in [4.69, 9.17) is 5.73 Å². The first-order valence-electron chi connectivity index (χ1n) is 11.4. The molecular weight excluding hydrogens is 495 g/mol. The highest BCUT2D eigenvalue weighted by Gasteiger charge is 2.36. The standard InChI is InChI=1S/C25H26F3N3O6/c1-12-10-30(22(32)8-18(29)6-14-7-20(27)21(28)9-19(14)26)11-13(2)31(12)23(33)15-3-16(24(34)35)5-17(4-15)25(36)37/h3-5,7,9,12-13,18H,6,8,10-11,29H2,1-2H3,(H,34,35)(H,36,37)/t12-,13+,18-/m1/s1. The van der Waals surface area contributed by atoms with E-state index in [9.17, 15) is 42.6 Å². The number of carboxylic acid groups (broad SMARTS) is 2. The minimum Gasteiger partial charge on any atom is -0.478 e. The smallest absolute Gasteiger partial charge is 0.335 e. The molecule has 37 heavy (non-hydrogen) atoms. The molecule has 0 unspecified atom stereocenters. The summed E-state index contributed by atoms with van der Waals surface area (Å²) < 4.78 is 40.5. The Kier molecular flexibility index (Phi) is 8.22. The average molecular weight is 521 g/mol. The molecule has 1 heterocycles. The number of carboxylic acids is 2. The Morgan fingerprint density at radius 1 is 0.865 bits per heavy atom. The summed E-state index contributed by atoms with van der Waals surface area (Å²) in [7, 11) is 0. The molecule has 2 aromatic rings. The fourth-order valence-electron chi connectivity index (χ4n) is 4.50. The van der Waals surface area contributed by atoms with E-state index in [1.807, 2.05) is 0 Å². The third-order valence-corrected chi connectivity index (χ3v) is 6.19. The van der Waals surface area contributed by atoms with Crippen LogP contribution in [0.3, 0.4) is 0 Å². The molecule has 1 aliphatic rings. The van der Waals surface area contributed by atoms with E-state index >= 15 is 0 Å². The monoisotopic (exact) mass is 521 g/mol. The zero-order valence-corrected chi connectivity index (χ0v) is 20.1. The summed E-state index contributed by atoms with van der Waals surface area (Å²) >= 11 is 0. The molecule has 0 spiro atoms. The maximum atomic E-state index is 13.9. The number of rotatable bonds is 7. The summed E-state index contributed by atoms with van der Waals surface area (Å²) in [4.78, 5) is 51.8. The first kappa shape index (κ1) is 27.7. The van der Waals surface area contributed by atoms with Crippen molar-refractivity contribution < 1.29 is 42.6 Å². The van der Waals surface area contributed by atoms with Crippen molar-refractivity contribution in [2.45, 2.75) is 44.8 Å². The Morgan fingerprint density at radius 2 is 1.35 bits per heavy atom. The van der Waals surface area contributed by atoms with E-state index in [0.717, 1.165) is 18.2 Å². The van der Waals surface area contributed by atoms with Crippen molar-refractivity contribution in [2.24, 2.45) is 5.73 Å². The van der Waals surface area contributed by atoms with Gasteiger partial charge in [0.15, 0.2) is 11.6 Å². The predicted molar refractivity (Wildman–Crippen MR) is 125 cm³/mol. The second-order valence-electron chi connectivity index (χ2n) is 9.14. The minimum atomic E-state index is -1.38. The highest BCUT2D eigenvalue weighted by molar-refractivity contribution is 6.01. The van der Waals surface area contributed by atoms with Crippen LogP contribution in [0.5, 0.6) is 0 Å². The van der Waals surface area contributed by atoms with Crippen molar-refractivity contribution in [3.63, 3.8) is 0 Å². The highest BCUT2D eigenvalue weighted by Crippen LogP contribution is 2.22. The van der Waals surface area contributed by atoms with Crippen LogP contribution >= 0.6 is 0 Å². The molecular formula is C25H26F3N3O6. The van der Waals surface area contributed by atoms with Crippen molar-refractivity contribution in [2.75, 3.05) is 13.1 Å². The number of carbonyl (C=O) groups excluding carboxylic acids is 2. The van der Waals surface area contributed by atoms with Crippen LogP contribution in [0.25, 0.3) is 0 Å². The van der Waals surface area contributed by atoms with E-state index in [1.165, 1.54) is 9.80 Å². The number of amides is 2. The van der Waals surface area contributed by atoms with E-state index < -0.39 is 53.4 Å². The van der Waals surface area contributed by atoms with Gasteiger partial charge in [-0.3, -0.25) is 9.59 Å². The highest BCUT2D eigenvalue weighted by atomic mass is 19.2. The van der Waals surface area contributed by atoms with E-state index in [2.05, 4.69) is 0 Å². The average Bonchev–Trinajstić information content (AvgIpc) is 2.81. The van der Waals surface area contributed by atoms with Crippen LogP contribution < -0.4 is 5.73 Å². The van der Waals surface area contributed by atoms with Gasteiger partial charge in [-0.15, -0.1) is 0 Å². The van der Waals surface area contributed by atoms with Gasteiger partial charge in [0, 0.05) is 49.3 Å². The Hall–Kier alpha value is -3.93. The van der Waals surface area contributed by atoms with Gasteiger partial charge >= 0.3 is 11.9 Å². The second kappa shape index (κ2) is 11.0. The number of carbonyl (C=O) groups is 4. The summed E-state index contributed by atoms with van der Waals surface area (Å²) in [5.74, 6) is -7.22. The van der Waals surface area contributed by atoms with Gasteiger partial charge in [-0.05, 0) is 50.1 Å². The number of hydrogen-bond acceptors (Lipinski definition) is 5. The van der Waals surface area contributed by atoms with Crippen LogP contribution in [0, 0.1) is 17.5 Å². The van der Waals surface area contributed by atoms with E-state index in [0.29, 0.717) is 12.1 Å². The van der Waals surface area contributed by atoms with Gasteiger partial charge in [0.2, 0.25) is 5.91 Å². The second-order valence-corrected chi connectivity index (χ2v) is 9.14. The van der Waals surface area contributed by atoms with Gasteiger partial charge in [0.1, 0.15) is 5.82 Å². The Labute approximate surface area is 210 Å². The summed E-state index contributed by atoms with van der Waals surface area (Å²) in [5, 5.41) is 18.6. The molecule has 3 atom stereocenters. The molecule has 9 nitrogen and oxygen atoms in total. The number of benzene rings is 2. The van der Waals surface area contributed by atoms with Gasteiger partial charge in [-0.25, -0.2) is 22.8 Å². The molecule has 0 bridgehead atoms. The van der Waals surface area contributed by atoms with Crippen LogP contribution in [0.1, 0.15) is 56.9 Å². The van der Waals surface area contributed by atoms with E-state index in [-0.39, 0.29) is 54.1 Å². The molecule has 2 amide bonds. The number of hydrogen-bond donors (Lipinski definition) is 3. The number of halogens is 3. The fraction of sp³-hybridized carbons (Fsp3) is 0.360. The van der Waals surface area contributed by atoms with Gasteiger partial charge in [-0.2, -0.15) is 0 Å². The third-order valence-electron chi connectivity index (χ3n) is 6.19. The summed E-state index contributed by atoms with van der Waals surface area (Å²) in [6.45, 7) is 3.60. The maximum absolute atomic E-state index is 13.9. The lowest BCUT2D eigenvalue weighted by atomic mass is 10.00. The maximum Gasteiger partial charge on any atom is 0.335 e.